The number of pyridine rings is 2. The first-order valence-corrected chi connectivity index (χ1v) is 8.34. The van der Waals surface area contributed by atoms with E-state index in [9.17, 15) is 5.26 Å². The topological polar surface area (TPSA) is 61.6 Å². The summed E-state index contributed by atoms with van der Waals surface area (Å²) < 4.78 is 15.5. The van der Waals surface area contributed by atoms with E-state index < -0.39 is 5.82 Å². The SMILES string of the molecule is C=C/C=C(\C(C#N)=C/C)c1nc2ccccc2c(Nc2ccncc2)c1F. The first kappa shape index (κ1) is 18.0. The first-order chi connectivity index (χ1) is 13.2. The molecule has 2 heterocycles. The van der Waals surface area contributed by atoms with Crippen LogP contribution in [-0.2, 0) is 0 Å². The predicted octanol–water partition coefficient (Wildman–Crippen LogP) is 5.55. The van der Waals surface area contributed by atoms with Crippen LogP contribution in [0.3, 0.4) is 0 Å². The molecule has 2 aromatic heterocycles. The van der Waals surface area contributed by atoms with Gasteiger partial charge >= 0.3 is 0 Å². The lowest BCUT2D eigenvalue weighted by molar-refractivity contribution is 0.624. The van der Waals surface area contributed by atoms with Gasteiger partial charge in [0, 0.05) is 29.0 Å². The van der Waals surface area contributed by atoms with Crippen molar-refractivity contribution in [1.82, 2.24) is 9.97 Å². The first-order valence-electron chi connectivity index (χ1n) is 8.34. The number of nitrogens with zero attached hydrogens (tertiary/aromatic N) is 3. The minimum Gasteiger partial charge on any atom is -0.352 e. The van der Waals surface area contributed by atoms with E-state index in [-0.39, 0.29) is 5.69 Å². The van der Waals surface area contributed by atoms with Gasteiger partial charge in [-0.25, -0.2) is 9.37 Å². The van der Waals surface area contributed by atoms with Gasteiger partial charge in [0.25, 0.3) is 0 Å². The molecule has 4 nitrogen and oxygen atoms in total. The van der Waals surface area contributed by atoms with Crippen molar-refractivity contribution in [2.75, 3.05) is 5.32 Å². The summed E-state index contributed by atoms with van der Waals surface area (Å²) in [6.45, 7) is 5.40. The van der Waals surface area contributed by atoms with Crippen LogP contribution in [0.4, 0.5) is 15.8 Å². The zero-order chi connectivity index (χ0) is 19.2. The van der Waals surface area contributed by atoms with Gasteiger partial charge in [-0.2, -0.15) is 5.26 Å². The average molecular weight is 356 g/mol. The molecule has 0 atom stereocenters. The fourth-order valence-corrected chi connectivity index (χ4v) is 2.76. The Labute approximate surface area is 157 Å². The van der Waals surface area contributed by atoms with E-state index in [1.165, 1.54) is 6.08 Å². The second kappa shape index (κ2) is 8.07. The monoisotopic (exact) mass is 356 g/mol. The molecule has 3 aromatic rings. The van der Waals surface area contributed by atoms with E-state index in [1.54, 1.807) is 49.7 Å². The van der Waals surface area contributed by atoms with Crippen molar-refractivity contribution in [3.05, 3.63) is 90.7 Å². The molecular formula is C22H17FN4. The number of para-hydroxylation sites is 1. The van der Waals surface area contributed by atoms with Crippen LogP contribution in [0.15, 0.2) is 79.2 Å². The van der Waals surface area contributed by atoms with Crippen molar-refractivity contribution in [1.29, 1.82) is 5.26 Å². The number of hydrogen-bond donors (Lipinski definition) is 1. The van der Waals surface area contributed by atoms with Crippen molar-refractivity contribution in [2.24, 2.45) is 0 Å². The Morgan fingerprint density at radius 3 is 2.63 bits per heavy atom. The highest BCUT2D eigenvalue weighted by molar-refractivity contribution is 5.97. The summed E-state index contributed by atoms with van der Waals surface area (Å²) in [6, 6.07) is 12.9. The second-order valence-corrected chi connectivity index (χ2v) is 5.66. The maximum Gasteiger partial charge on any atom is 0.173 e. The molecule has 0 radical (unpaired) electrons. The van der Waals surface area contributed by atoms with Crippen LogP contribution in [0.1, 0.15) is 12.6 Å². The maximum atomic E-state index is 15.5. The summed E-state index contributed by atoms with van der Waals surface area (Å²) in [5.41, 5.74) is 2.42. The molecule has 27 heavy (non-hydrogen) atoms. The number of nitrogens with one attached hydrogen (secondary N) is 1. The minimum atomic E-state index is -0.534. The summed E-state index contributed by atoms with van der Waals surface area (Å²) in [4.78, 5) is 8.45. The molecule has 0 aliphatic rings. The third-order valence-corrected chi connectivity index (χ3v) is 4.02. The molecule has 3 rings (SSSR count). The highest BCUT2D eigenvalue weighted by atomic mass is 19.1. The van der Waals surface area contributed by atoms with Crippen molar-refractivity contribution in [3.8, 4) is 6.07 Å². The number of fused-ring (bicyclic) bond motifs is 1. The number of rotatable bonds is 5. The van der Waals surface area contributed by atoms with E-state index in [2.05, 4.69) is 27.9 Å². The highest BCUT2D eigenvalue weighted by Gasteiger charge is 2.20. The van der Waals surface area contributed by atoms with Crippen LogP contribution in [0, 0.1) is 17.1 Å². The summed E-state index contributed by atoms with van der Waals surface area (Å²) in [6.07, 6.45) is 7.99. The largest absolute Gasteiger partial charge is 0.352 e. The van der Waals surface area contributed by atoms with E-state index >= 15 is 4.39 Å². The van der Waals surface area contributed by atoms with Gasteiger partial charge in [-0.15, -0.1) is 0 Å². The quantitative estimate of drug-likeness (QED) is 0.481. The Hall–Kier alpha value is -3.78. The molecular weight excluding hydrogens is 339 g/mol. The lowest BCUT2D eigenvalue weighted by Gasteiger charge is -2.15. The van der Waals surface area contributed by atoms with E-state index in [1.807, 2.05) is 18.2 Å². The van der Waals surface area contributed by atoms with Crippen molar-refractivity contribution < 1.29 is 4.39 Å². The fourth-order valence-electron chi connectivity index (χ4n) is 2.76. The Bertz CT molecular complexity index is 1090. The number of nitriles is 1. The molecule has 0 fully saturated rings. The fraction of sp³-hybridized carbons (Fsp3) is 0.0455. The molecule has 5 heteroatoms. The summed E-state index contributed by atoms with van der Waals surface area (Å²) >= 11 is 0. The molecule has 0 aliphatic heterocycles. The van der Waals surface area contributed by atoms with Crippen LogP contribution in [-0.4, -0.2) is 9.97 Å². The van der Waals surface area contributed by atoms with Gasteiger partial charge < -0.3 is 5.32 Å². The molecule has 0 saturated heterocycles. The normalized spacial score (nSPS) is 11.9. The van der Waals surface area contributed by atoms with Crippen LogP contribution in [0.25, 0.3) is 16.5 Å². The van der Waals surface area contributed by atoms with E-state index in [0.717, 1.165) is 0 Å². The van der Waals surface area contributed by atoms with Gasteiger partial charge in [0.2, 0.25) is 0 Å². The minimum absolute atomic E-state index is 0.0970. The Kier molecular flexibility index (Phi) is 5.38. The lowest BCUT2D eigenvalue weighted by atomic mass is 10.00. The number of benzene rings is 1. The van der Waals surface area contributed by atoms with Crippen LogP contribution >= 0.6 is 0 Å². The zero-order valence-corrected chi connectivity index (χ0v) is 14.8. The molecule has 132 valence electrons. The van der Waals surface area contributed by atoms with Crippen LogP contribution < -0.4 is 5.32 Å². The zero-order valence-electron chi connectivity index (χ0n) is 14.8. The highest BCUT2D eigenvalue weighted by Crippen LogP contribution is 2.34. The third kappa shape index (κ3) is 3.60. The van der Waals surface area contributed by atoms with Crippen molar-refractivity contribution in [3.63, 3.8) is 0 Å². The van der Waals surface area contributed by atoms with Gasteiger partial charge in [0.15, 0.2) is 5.82 Å². The Balaban J connectivity index is 2.29. The van der Waals surface area contributed by atoms with Gasteiger partial charge in [-0.05, 0) is 25.1 Å². The number of aromatic nitrogens is 2. The maximum absolute atomic E-state index is 15.5. The van der Waals surface area contributed by atoms with Crippen LogP contribution in [0.5, 0.6) is 0 Å². The van der Waals surface area contributed by atoms with Gasteiger partial charge in [-0.3, -0.25) is 4.98 Å². The molecule has 1 aromatic carbocycles. The third-order valence-electron chi connectivity index (χ3n) is 4.02. The van der Waals surface area contributed by atoms with Crippen molar-refractivity contribution >= 4 is 27.9 Å². The summed E-state index contributed by atoms with van der Waals surface area (Å²) in [5.74, 6) is -0.534. The smallest absolute Gasteiger partial charge is 0.173 e. The molecule has 0 spiro atoms. The number of hydrogen-bond acceptors (Lipinski definition) is 4. The predicted molar refractivity (Wildman–Crippen MR) is 107 cm³/mol. The molecule has 0 aliphatic carbocycles. The molecule has 0 amide bonds. The summed E-state index contributed by atoms with van der Waals surface area (Å²) in [7, 11) is 0. The Morgan fingerprint density at radius 2 is 1.96 bits per heavy atom. The number of halogens is 1. The van der Waals surface area contributed by atoms with E-state index in [0.29, 0.717) is 33.4 Å². The van der Waals surface area contributed by atoms with Gasteiger partial charge in [0.1, 0.15) is 5.69 Å². The average Bonchev–Trinajstić information content (AvgIpc) is 2.71. The molecule has 0 bridgehead atoms. The van der Waals surface area contributed by atoms with Gasteiger partial charge in [-0.1, -0.05) is 43.0 Å². The molecule has 0 unspecified atom stereocenters. The second-order valence-electron chi connectivity index (χ2n) is 5.66. The van der Waals surface area contributed by atoms with Crippen LogP contribution in [0.2, 0.25) is 0 Å². The van der Waals surface area contributed by atoms with Gasteiger partial charge in [0.05, 0.1) is 22.8 Å². The number of allylic oxidation sites excluding steroid dienone is 5. The molecule has 0 saturated carbocycles. The number of anilines is 2. The van der Waals surface area contributed by atoms with E-state index in [4.69, 9.17) is 0 Å². The molecule has 1 N–H and O–H groups in total. The standard InChI is InChI=1S/C22H17FN4/c1-3-7-17(15(4-2)14-24)21-20(23)22(26-16-10-12-25-13-11-16)18-8-5-6-9-19(18)27-21/h3-13H,1H2,2H3,(H,25,26,27)/b15-4-,17-7+. The lowest BCUT2D eigenvalue weighted by Crippen LogP contribution is -2.04. The Morgan fingerprint density at radius 1 is 1.22 bits per heavy atom. The summed E-state index contributed by atoms with van der Waals surface area (Å²) in [5, 5.41) is 13.2. The van der Waals surface area contributed by atoms with Crippen molar-refractivity contribution in [2.45, 2.75) is 6.92 Å².